The number of hydrogen-bond donors (Lipinski definition) is 2. The lowest BCUT2D eigenvalue weighted by Gasteiger charge is -2.39. The fourth-order valence-electron chi connectivity index (χ4n) is 7.47. The Morgan fingerprint density at radius 3 is 1.66 bits per heavy atom. The lowest BCUT2D eigenvalue weighted by molar-refractivity contribution is -0.174. The number of benzene rings is 3. The van der Waals surface area contributed by atoms with E-state index in [9.17, 15) is 14.4 Å². The minimum atomic E-state index is -1.23. The third-order valence-corrected chi connectivity index (χ3v) is 11.4. The first kappa shape index (κ1) is 42.8. The molecule has 3 N–H and O–H groups in total. The van der Waals surface area contributed by atoms with E-state index in [1.165, 1.54) is 11.2 Å². The Balaban J connectivity index is 1.61. The van der Waals surface area contributed by atoms with Gasteiger partial charge >= 0.3 is 18.0 Å². The molecule has 0 spiro atoms. The molecule has 59 heavy (non-hydrogen) atoms. The van der Waals surface area contributed by atoms with Crippen LogP contribution >= 0.6 is 0 Å². The topological polar surface area (TPSA) is 159 Å². The van der Waals surface area contributed by atoms with E-state index in [2.05, 4.69) is 15.0 Å². The number of nitrogens with two attached hydrogens (primary N) is 1. The fraction of sp³-hybridized carbons (Fsp3) is 0.426. The zero-order valence-corrected chi connectivity index (χ0v) is 35.4. The number of hydrogen-bond acceptors (Lipinski definition) is 10. The number of likely N-dealkylation sites (tertiary alicyclic amines) is 1. The Morgan fingerprint density at radius 2 is 1.20 bits per heavy atom. The van der Waals surface area contributed by atoms with Crippen LogP contribution in [0.25, 0.3) is 11.0 Å². The number of carbonyl (C=O) groups is 3. The summed E-state index contributed by atoms with van der Waals surface area (Å²) in [6.07, 6.45) is -0.187. The van der Waals surface area contributed by atoms with E-state index in [4.69, 9.17) is 24.7 Å². The van der Waals surface area contributed by atoms with Crippen molar-refractivity contribution in [2.45, 2.75) is 97.8 Å². The Bertz CT molecular complexity index is 2110. The van der Waals surface area contributed by atoms with Crippen LogP contribution in [0, 0.1) is 23.7 Å². The first-order chi connectivity index (χ1) is 28.0. The van der Waals surface area contributed by atoms with Crippen LogP contribution < -0.4 is 5.73 Å². The Hall–Kier alpha value is -5.75. The van der Waals surface area contributed by atoms with Crippen LogP contribution in [-0.4, -0.2) is 68.3 Å². The normalized spacial score (nSPS) is 19.5. The van der Waals surface area contributed by atoms with E-state index in [0.717, 1.165) is 16.7 Å². The maximum Gasteiger partial charge on any atom is 0.411 e. The molecule has 3 aromatic carbocycles. The van der Waals surface area contributed by atoms with Gasteiger partial charge in [-0.1, -0.05) is 133 Å². The van der Waals surface area contributed by atoms with Gasteiger partial charge in [0.05, 0.1) is 24.0 Å². The molecule has 0 unspecified atom stereocenters. The lowest BCUT2D eigenvalue weighted by atomic mass is 9.80. The van der Waals surface area contributed by atoms with Crippen LogP contribution in [0.5, 0.6) is 0 Å². The number of esters is 2. The van der Waals surface area contributed by atoms with Gasteiger partial charge < -0.3 is 29.7 Å². The highest BCUT2D eigenvalue weighted by atomic mass is 16.6. The number of rotatable bonds is 13. The molecule has 12 heteroatoms. The van der Waals surface area contributed by atoms with Crippen LogP contribution in [-0.2, 0) is 34.1 Å². The third-order valence-electron chi connectivity index (χ3n) is 11.4. The van der Waals surface area contributed by atoms with Gasteiger partial charge in [-0.2, -0.15) is 0 Å². The molecule has 5 aromatic rings. The zero-order chi connectivity index (χ0) is 42.6. The van der Waals surface area contributed by atoms with Gasteiger partial charge in [0, 0.05) is 11.8 Å². The molecule has 6 rings (SSSR count). The Morgan fingerprint density at radius 1 is 0.729 bits per heavy atom. The number of amides is 1. The molecule has 0 saturated carbocycles. The van der Waals surface area contributed by atoms with E-state index >= 15 is 0 Å². The van der Waals surface area contributed by atoms with Crippen molar-refractivity contribution in [2.24, 2.45) is 23.7 Å². The monoisotopic (exact) mass is 803 g/mol. The molecule has 0 radical (unpaired) electrons. The molecule has 1 fully saturated rings. The summed E-state index contributed by atoms with van der Waals surface area (Å²) in [6, 6.07) is 27.4. The van der Waals surface area contributed by atoms with Crippen LogP contribution in [0.3, 0.4) is 0 Å². The number of nitrogen functional groups attached to an aromatic ring is 1. The summed E-state index contributed by atoms with van der Waals surface area (Å²) in [7, 11) is 0. The van der Waals surface area contributed by atoms with Gasteiger partial charge in [0.25, 0.3) is 0 Å². The minimum Gasteiger partial charge on any atom is -0.456 e. The molecule has 312 valence electrons. The summed E-state index contributed by atoms with van der Waals surface area (Å²) in [6.45, 7) is 16.4. The second kappa shape index (κ2) is 17.6. The van der Waals surface area contributed by atoms with E-state index in [1.807, 2.05) is 119 Å². The third kappa shape index (κ3) is 8.83. The zero-order valence-electron chi connectivity index (χ0n) is 35.4. The standard InChI is InChI=1S/C47H57N5O7/c1-28(2)30(5)43(53)57-40-36(26-56-47(32-19-13-10-14-20-32,33-21-15-11-16-22-33)34-23-17-12-18-24-34)52(45(55)59-46(7,8)9)39(41(40)58-44(54)31(6)29(3)4)35-25-49-38-37(35)50-27-51-42(38)48/h10-25,27-31,36,39-41,49H,26H2,1-9H3,(H2,48,50,51)/t30-,31-,36+,39-,40+,41-/m0/s1. The molecule has 0 bridgehead atoms. The molecule has 12 nitrogen and oxygen atoms in total. The number of fused-ring (bicyclic) bond motifs is 1. The van der Waals surface area contributed by atoms with E-state index in [-0.39, 0.29) is 24.3 Å². The second-order valence-electron chi connectivity index (χ2n) is 17.1. The summed E-state index contributed by atoms with van der Waals surface area (Å²) in [5, 5.41) is 0. The fourth-order valence-corrected chi connectivity index (χ4v) is 7.47. The molecule has 6 atom stereocenters. The highest BCUT2D eigenvalue weighted by Crippen LogP contribution is 2.47. The molecule has 2 aromatic heterocycles. The Kier molecular flexibility index (Phi) is 12.8. The quantitative estimate of drug-likeness (QED) is 0.0671. The number of carbonyl (C=O) groups excluding carboxylic acids is 3. The van der Waals surface area contributed by atoms with Gasteiger partial charge in [-0.15, -0.1) is 0 Å². The predicted molar refractivity (Wildman–Crippen MR) is 226 cm³/mol. The average Bonchev–Trinajstić information content (AvgIpc) is 3.77. The summed E-state index contributed by atoms with van der Waals surface area (Å²) in [4.78, 5) is 56.7. The van der Waals surface area contributed by atoms with Crippen molar-refractivity contribution in [3.8, 4) is 0 Å². The van der Waals surface area contributed by atoms with Crippen molar-refractivity contribution >= 4 is 34.9 Å². The smallest absolute Gasteiger partial charge is 0.411 e. The van der Waals surface area contributed by atoms with Gasteiger partial charge in [-0.05, 0) is 49.3 Å². The van der Waals surface area contributed by atoms with E-state index in [0.29, 0.717) is 16.6 Å². The lowest BCUT2D eigenvalue weighted by Crippen LogP contribution is -2.49. The number of nitrogens with one attached hydrogen (secondary N) is 1. The number of nitrogens with zero attached hydrogens (tertiary/aromatic N) is 3. The summed E-state index contributed by atoms with van der Waals surface area (Å²) in [5.74, 6) is -2.05. The van der Waals surface area contributed by atoms with Crippen LogP contribution in [0.2, 0.25) is 0 Å². The van der Waals surface area contributed by atoms with Gasteiger partial charge in [0.1, 0.15) is 35.1 Å². The van der Waals surface area contributed by atoms with Crippen molar-refractivity contribution < 1.29 is 33.3 Å². The summed E-state index contributed by atoms with van der Waals surface area (Å²) < 4.78 is 26.6. The van der Waals surface area contributed by atoms with Crippen molar-refractivity contribution in [2.75, 3.05) is 12.3 Å². The van der Waals surface area contributed by atoms with Crippen LogP contribution in [0.15, 0.2) is 104 Å². The van der Waals surface area contributed by atoms with Crippen molar-refractivity contribution in [3.63, 3.8) is 0 Å². The van der Waals surface area contributed by atoms with Crippen LogP contribution in [0.4, 0.5) is 10.6 Å². The molecule has 1 amide bonds. The first-order valence-electron chi connectivity index (χ1n) is 20.3. The van der Waals surface area contributed by atoms with Gasteiger partial charge in [0.15, 0.2) is 18.0 Å². The maximum atomic E-state index is 15.0. The minimum absolute atomic E-state index is 0.0748. The predicted octanol–water partition coefficient (Wildman–Crippen LogP) is 8.62. The number of H-pyrrole nitrogens is 1. The van der Waals surface area contributed by atoms with Crippen molar-refractivity contribution in [1.82, 2.24) is 19.9 Å². The summed E-state index contributed by atoms with van der Waals surface area (Å²) >= 11 is 0. The molecule has 1 aliphatic heterocycles. The number of ether oxygens (including phenoxy) is 4. The molecular weight excluding hydrogens is 747 g/mol. The molecular formula is C47H57N5O7. The number of anilines is 1. The Labute approximate surface area is 346 Å². The van der Waals surface area contributed by atoms with Crippen molar-refractivity contribution in [1.29, 1.82) is 0 Å². The average molecular weight is 804 g/mol. The largest absolute Gasteiger partial charge is 0.456 e. The first-order valence-corrected chi connectivity index (χ1v) is 20.3. The number of aromatic amines is 1. The van der Waals surface area contributed by atoms with Crippen LogP contribution in [0.1, 0.15) is 90.6 Å². The van der Waals surface area contributed by atoms with Gasteiger partial charge in [-0.25, -0.2) is 14.8 Å². The van der Waals surface area contributed by atoms with Crippen molar-refractivity contribution in [3.05, 3.63) is 126 Å². The number of aromatic nitrogens is 3. The van der Waals surface area contributed by atoms with E-state index in [1.54, 1.807) is 40.8 Å². The maximum absolute atomic E-state index is 15.0. The highest BCUT2D eigenvalue weighted by Gasteiger charge is 2.59. The second-order valence-corrected chi connectivity index (χ2v) is 17.1. The van der Waals surface area contributed by atoms with Gasteiger partial charge in [0.2, 0.25) is 0 Å². The summed E-state index contributed by atoms with van der Waals surface area (Å²) in [5.41, 5.74) is 7.95. The van der Waals surface area contributed by atoms with E-state index < -0.39 is 65.4 Å². The molecule has 1 aliphatic rings. The molecule has 0 aliphatic carbocycles. The molecule has 3 heterocycles. The van der Waals surface area contributed by atoms with Gasteiger partial charge in [-0.3, -0.25) is 14.5 Å². The highest BCUT2D eigenvalue weighted by molar-refractivity contribution is 5.88. The molecule has 1 saturated heterocycles. The SMILES string of the molecule is CC(C)[C@H](C)C(=O)O[C@@H]1[C@H](OC(=O)[C@@H](C)C(C)C)[C@@H](COC(c2ccccc2)(c2ccccc2)c2ccccc2)N(C(=O)OC(C)(C)C)[C@H]1c1c[nH]c2c(N)ncnc12.